The number of ether oxygens (including phenoxy) is 1. The second-order valence-electron chi connectivity index (χ2n) is 9.92. The molecular weight excluding hydrogens is 424 g/mol. The molecule has 9 heteroatoms. The summed E-state index contributed by atoms with van der Waals surface area (Å²) in [5, 5.41) is 8.11. The highest BCUT2D eigenvalue weighted by Gasteiger charge is 2.52. The number of imide groups is 1. The molecule has 3 fully saturated rings. The van der Waals surface area contributed by atoms with Crippen LogP contribution in [-0.4, -0.2) is 60.5 Å². The molecule has 3 aliphatic heterocycles. The maximum atomic E-state index is 13.1. The van der Waals surface area contributed by atoms with Crippen LogP contribution >= 0.6 is 0 Å². The molecule has 3 heterocycles. The molecule has 9 nitrogen and oxygen atoms in total. The summed E-state index contributed by atoms with van der Waals surface area (Å²) in [6.45, 7) is 3.81. The normalized spacial score (nSPS) is 28.5. The van der Waals surface area contributed by atoms with E-state index < -0.39 is 11.6 Å². The molecule has 0 saturated carbocycles. The third-order valence-electron chi connectivity index (χ3n) is 7.90. The molecule has 5 rings (SSSR count). The fraction of sp³-hybridized carbons (Fsp3) is 0.583. The van der Waals surface area contributed by atoms with Gasteiger partial charge >= 0.3 is 6.03 Å². The quantitative estimate of drug-likeness (QED) is 0.597. The Morgan fingerprint density at radius 1 is 1.18 bits per heavy atom. The Morgan fingerprint density at radius 2 is 1.97 bits per heavy atom. The third kappa shape index (κ3) is 3.78. The molecule has 3 saturated heterocycles. The van der Waals surface area contributed by atoms with Crippen molar-refractivity contribution in [2.45, 2.75) is 51.0 Å². The second-order valence-corrected chi connectivity index (χ2v) is 9.92. The van der Waals surface area contributed by atoms with E-state index in [1.54, 1.807) is 4.90 Å². The van der Waals surface area contributed by atoms with Gasteiger partial charge in [-0.25, -0.2) is 4.79 Å². The van der Waals surface area contributed by atoms with E-state index >= 15 is 0 Å². The highest BCUT2D eigenvalue weighted by molar-refractivity contribution is 6.07. The van der Waals surface area contributed by atoms with Gasteiger partial charge in [0, 0.05) is 31.9 Å². The molecule has 2 unspecified atom stereocenters. The van der Waals surface area contributed by atoms with E-state index in [0.717, 1.165) is 36.8 Å². The number of nitrogens with one attached hydrogen (secondary N) is 3. The average molecular weight is 455 g/mol. The number of nitrogens with zero attached hydrogens (tertiary/aromatic N) is 1. The minimum Gasteiger partial charge on any atom is -0.381 e. The number of rotatable bonds is 3. The number of likely N-dealkylation sites (tertiary alicyclic amines) is 1. The highest BCUT2D eigenvalue weighted by Crippen LogP contribution is 2.40. The predicted octanol–water partition coefficient (Wildman–Crippen LogP) is 1.36. The first-order valence-electron chi connectivity index (χ1n) is 11.7. The number of hydrogen-bond acceptors (Lipinski definition) is 5. The summed E-state index contributed by atoms with van der Waals surface area (Å²) < 4.78 is 5.44. The van der Waals surface area contributed by atoms with Crippen molar-refractivity contribution in [3.05, 3.63) is 29.3 Å². The van der Waals surface area contributed by atoms with Crippen LogP contribution in [-0.2, 0) is 32.0 Å². The number of carbonyl (C=O) groups is 4. The summed E-state index contributed by atoms with van der Waals surface area (Å²) in [7, 11) is 0. The highest BCUT2D eigenvalue weighted by atomic mass is 16.5. The molecule has 4 aliphatic rings. The van der Waals surface area contributed by atoms with Crippen molar-refractivity contribution in [1.82, 2.24) is 15.5 Å². The Kier molecular flexibility index (Phi) is 5.39. The molecule has 2 atom stereocenters. The maximum absolute atomic E-state index is 13.1. The first kappa shape index (κ1) is 21.9. The van der Waals surface area contributed by atoms with Crippen LogP contribution in [0, 0.1) is 11.3 Å². The Morgan fingerprint density at radius 3 is 2.70 bits per heavy atom. The van der Waals surface area contributed by atoms with Gasteiger partial charge in [-0.1, -0.05) is 13.0 Å². The fourth-order valence-corrected chi connectivity index (χ4v) is 5.92. The van der Waals surface area contributed by atoms with Crippen LogP contribution in [0.5, 0.6) is 0 Å². The van der Waals surface area contributed by atoms with Crippen molar-refractivity contribution in [2.24, 2.45) is 11.3 Å². The summed E-state index contributed by atoms with van der Waals surface area (Å²) in [6, 6.07) is 5.20. The van der Waals surface area contributed by atoms with E-state index in [4.69, 9.17) is 4.74 Å². The summed E-state index contributed by atoms with van der Waals surface area (Å²) in [4.78, 5) is 51.7. The number of carbonyl (C=O) groups excluding carboxylic acids is 4. The van der Waals surface area contributed by atoms with Crippen molar-refractivity contribution >= 4 is 29.4 Å². The van der Waals surface area contributed by atoms with E-state index in [1.165, 1.54) is 0 Å². The first-order chi connectivity index (χ1) is 15.8. The summed E-state index contributed by atoms with van der Waals surface area (Å²) in [5.41, 5.74) is 1.43. The van der Waals surface area contributed by atoms with Gasteiger partial charge in [0.15, 0.2) is 0 Å². The fourth-order valence-electron chi connectivity index (χ4n) is 5.92. The number of piperidine rings is 1. The lowest BCUT2D eigenvalue weighted by atomic mass is 9.71. The van der Waals surface area contributed by atoms with Crippen LogP contribution < -0.4 is 16.0 Å². The van der Waals surface area contributed by atoms with Gasteiger partial charge in [-0.2, -0.15) is 0 Å². The van der Waals surface area contributed by atoms with Gasteiger partial charge in [-0.3, -0.25) is 19.7 Å². The van der Waals surface area contributed by atoms with Gasteiger partial charge in [-0.15, -0.1) is 0 Å². The number of benzene rings is 1. The largest absolute Gasteiger partial charge is 0.381 e. The predicted molar refractivity (Wildman–Crippen MR) is 119 cm³/mol. The van der Waals surface area contributed by atoms with E-state index in [2.05, 4.69) is 16.0 Å². The first-order valence-corrected chi connectivity index (χ1v) is 11.7. The minimum atomic E-state index is -0.913. The van der Waals surface area contributed by atoms with Crippen LogP contribution in [0.15, 0.2) is 18.2 Å². The van der Waals surface area contributed by atoms with Gasteiger partial charge in [0.05, 0.1) is 12.0 Å². The molecule has 2 spiro atoms. The Bertz CT molecular complexity index is 1010. The van der Waals surface area contributed by atoms with Gasteiger partial charge in [0.1, 0.15) is 5.54 Å². The van der Waals surface area contributed by atoms with Crippen molar-refractivity contribution in [2.75, 3.05) is 31.6 Å². The monoisotopic (exact) mass is 454 g/mol. The zero-order chi connectivity index (χ0) is 23.2. The molecule has 5 amide bonds. The number of amides is 5. The van der Waals surface area contributed by atoms with Crippen molar-refractivity contribution in [1.29, 1.82) is 0 Å². The Balaban J connectivity index is 1.25. The zero-order valence-electron chi connectivity index (χ0n) is 18.9. The Labute approximate surface area is 192 Å². The SMILES string of the molecule is CC1Cc2cc(NC(=O)CN3CCCC4(CCOCC4)C3=O)ccc2CC12NC(=O)NC2=O. The van der Waals surface area contributed by atoms with E-state index in [1.807, 2.05) is 25.1 Å². The number of urea groups is 1. The van der Waals surface area contributed by atoms with Gasteiger partial charge in [0.2, 0.25) is 11.8 Å². The lowest BCUT2D eigenvalue weighted by molar-refractivity contribution is -0.154. The molecule has 0 radical (unpaired) electrons. The second kappa shape index (κ2) is 8.13. The van der Waals surface area contributed by atoms with Crippen molar-refractivity contribution in [3.8, 4) is 0 Å². The van der Waals surface area contributed by atoms with E-state index in [9.17, 15) is 19.2 Å². The minimum absolute atomic E-state index is 0.0459. The zero-order valence-corrected chi connectivity index (χ0v) is 18.9. The van der Waals surface area contributed by atoms with Crippen LogP contribution in [0.25, 0.3) is 0 Å². The number of hydrogen-bond donors (Lipinski definition) is 3. The average Bonchev–Trinajstić information content (AvgIpc) is 3.07. The number of anilines is 1. The van der Waals surface area contributed by atoms with Crippen LogP contribution in [0.4, 0.5) is 10.5 Å². The molecule has 0 aromatic heterocycles. The molecule has 1 aliphatic carbocycles. The lowest BCUT2D eigenvalue weighted by Gasteiger charge is -2.43. The molecule has 3 N–H and O–H groups in total. The van der Waals surface area contributed by atoms with Crippen LogP contribution in [0.2, 0.25) is 0 Å². The van der Waals surface area contributed by atoms with Crippen LogP contribution in [0.3, 0.4) is 0 Å². The molecule has 33 heavy (non-hydrogen) atoms. The van der Waals surface area contributed by atoms with E-state index in [-0.39, 0.29) is 35.6 Å². The molecule has 1 aromatic rings. The van der Waals surface area contributed by atoms with Crippen molar-refractivity contribution in [3.63, 3.8) is 0 Å². The van der Waals surface area contributed by atoms with Gasteiger partial charge in [-0.05, 0) is 61.3 Å². The van der Waals surface area contributed by atoms with Gasteiger partial charge < -0.3 is 20.3 Å². The summed E-state index contributed by atoms with van der Waals surface area (Å²) in [5.74, 6) is -0.496. The van der Waals surface area contributed by atoms with Crippen LogP contribution in [0.1, 0.15) is 43.7 Å². The smallest absolute Gasteiger partial charge is 0.322 e. The number of fused-ring (bicyclic) bond motifs is 1. The summed E-state index contributed by atoms with van der Waals surface area (Å²) >= 11 is 0. The maximum Gasteiger partial charge on any atom is 0.322 e. The van der Waals surface area contributed by atoms with E-state index in [0.29, 0.717) is 38.3 Å². The molecule has 0 bridgehead atoms. The molecular formula is C24H30N4O5. The standard InChI is InChI=1S/C24H30N4O5/c1-15-11-17-12-18(4-3-16(17)13-24(15)20(30)26-22(32)27-24)25-19(29)14-28-8-2-5-23(21(28)31)6-9-33-10-7-23/h3-4,12,15H,2,5-11,13-14H2,1H3,(H,25,29)(H2,26,27,30,32). The third-order valence-corrected chi connectivity index (χ3v) is 7.90. The molecule has 1 aromatic carbocycles. The lowest BCUT2D eigenvalue weighted by Crippen LogP contribution is -2.56. The van der Waals surface area contributed by atoms with Crippen molar-refractivity contribution < 1.29 is 23.9 Å². The summed E-state index contributed by atoms with van der Waals surface area (Å²) in [6.07, 6.45) is 4.27. The Hall–Kier alpha value is -2.94. The van der Waals surface area contributed by atoms with Gasteiger partial charge in [0.25, 0.3) is 5.91 Å². The molecule has 176 valence electrons. The topological polar surface area (TPSA) is 117 Å².